The summed E-state index contributed by atoms with van der Waals surface area (Å²) in [6, 6.07) is 17.2. The topological polar surface area (TPSA) is 41.6 Å². The Morgan fingerprint density at radius 1 is 1.14 bits per heavy atom. The molecule has 0 spiro atoms. The summed E-state index contributed by atoms with van der Waals surface area (Å²) in [5, 5.41) is 2.88. The molecule has 5 heteroatoms. The third kappa shape index (κ3) is 5.50. The fourth-order valence-corrected chi connectivity index (χ4v) is 2.30. The van der Waals surface area contributed by atoms with Crippen LogP contribution in [-0.4, -0.2) is 37.6 Å². The van der Waals surface area contributed by atoms with E-state index in [4.69, 9.17) is 4.74 Å². The fourth-order valence-electron chi connectivity index (χ4n) is 1.91. The standard InChI is InChI=1S/C17H19BrN2O2/c1-20(11-12-22-14-7-3-2-4-8-14)13-17(21)19-16-10-6-5-9-15(16)18/h2-10H,11-13H2,1H3,(H,19,21). The highest BCUT2D eigenvalue weighted by Gasteiger charge is 2.08. The van der Waals surface area contributed by atoms with Gasteiger partial charge >= 0.3 is 0 Å². The summed E-state index contributed by atoms with van der Waals surface area (Å²) < 4.78 is 6.49. The minimum absolute atomic E-state index is 0.0471. The average molecular weight is 363 g/mol. The van der Waals surface area contributed by atoms with Crippen molar-refractivity contribution in [2.24, 2.45) is 0 Å². The maximum absolute atomic E-state index is 12.0. The monoisotopic (exact) mass is 362 g/mol. The predicted molar refractivity (Wildman–Crippen MR) is 92.2 cm³/mol. The summed E-state index contributed by atoms with van der Waals surface area (Å²) in [6.07, 6.45) is 0. The lowest BCUT2D eigenvalue weighted by molar-refractivity contribution is -0.117. The van der Waals surface area contributed by atoms with Crippen molar-refractivity contribution in [3.63, 3.8) is 0 Å². The van der Waals surface area contributed by atoms with Crippen molar-refractivity contribution < 1.29 is 9.53 Å². The van der Waals surface area contributed by atoms with Crippen molar-refractivity contribution in [3.8, 4) is 5.75 Å². The molecule has 4 nitrogen and oxygen atoms in total. The predicted octanol–water partition coefficient (Wildman–Crippen LogP) is 3.40. The maximum atomic E-state index is 12.0. The van der Waals surface area contributed by atoms with Gasteiger partial charge in [-0.3, -0.25) is 9.69 Å². The van der Waals surface area contributed by atoms with Gasteiger partial charge in [0.25, 0.3) is 0 Å². The van der Waals surface area contributed by atoms with Crippen LogP contribution in [0.3, 0.4) is 0 Å². The Morgan fingerprint density at radius 3 is 2.55 bits per heavy atom. The van der Waals surface area contributed by atoms with Crippen LogP contribution in [0.4, 0.5) is 5.69 Å². The molecular formula is C17H19BrN2O2. The van der Waals surface area contributed by atoms with Gasteiger partial charge in [0.1, 0.15) is 12.4 Å². The number of para-hydroxylation sites is 2. The van der Waals surface area contributed by atoms with Gasteiger partial charge in [0.05, 0.1) is 12.2 Å². The van der Waals surface area contributed by atoms with Crippen LogP contribution in [0.1, 0.15) is 0 Å². The van der Waals surface area contributed by atoms with Crippen LogP contribution in [0, 0.1) is 0 Å². The van der Waals surface area contributed by atoms with E-state index in [-0.39, 0.29) is 5.91 Å². The summed E-state index contributed by atoms with van der Waals surface area (Å²) in [5.74, 6) is 0.794. The van der Waals surface area contributed by atoms with E-state index in [0.717, 1.165) is 15.9 Å². The van der Waals surface area contributed by atoms with Crippen molar-refractivity contribution in [2.45, 2.75) is 0 Å². The van der Waals surface area contributed by atoms with Crippen molar-refractivity contribution in [3.05, 3.63) is 59.1 Å². The minimum atomic E-state index is -0.0471. The van der Waals surface area contributed by atoms with Crippen molar-refractivity contribution in [2.75, 3.05) is 32.1 Å². The van der Waals surface area contributed by atoms with E-state index >= 15 is 0 Å². The molecule has 116 valence electrons. The molecule has 0 aromatic heterocycles. The van der Waals surface area contributed by atoms with Crippen molar-refractivity contribution in [1.29, 1.82) is 0 Å². The van der Waals surface area contributed by atoms with Gasteiger partial charge < -0.3 is 10.1 Å². The molecule has 0 heterocycles. The molecule has 0 radical (unpaired) electrons. The molecule has 0 aliphatic heterocycles. The lowest BCUT2D eigenvalue weighted by Crippen LogP contribution is -2.33. The van der Waals surface area contributed by atoms with Crippen molar-refractivity contribution in [1.82, 2.24) is 4.90 Å². The van der Waals surface area contributed by atoms with Crippen LogP contribution in [-0.2, 0) is 4.79 Å². The highest BCUT2D eigenvalue weighted by Crippen LogP contribution is 2.20. The number of ether oxygens (including phenoxy) is 1. The SMILES string of the molecule is CN(CCOc1ccccc1)CC(=O)Nc1ccccc1Br. The van der Waals surface area contributed by atoms with E-state index in [1.165, 1.54) is 0 Å². The van der Waals surface area contributed by atoms with Gasteiger partial charge in [0.2, 0.25) is 5.91 Å². The number of carbonyl (C=O) groups excluding carboxylic acids is 1. The van der Waals surface area contributed by atoms with E-state index in [1.54, 1.807) is 0 Å². The van der Waals surface area contributed by atoms with Gasteiger partial charge in [-0.2, -0.15) is 0 Å². The number of hydrogen-bond acceptors (Lipinski definition) is 3. The van der Waals surface area contributed by atoms with Crippen LogP contribution >= 0.6 is 15.9 Å². The van der Waals surface area contributed by atoms with E-state index in [2.05, 4.69) is 21.2 Å². The maximum Gasteiger partial charge on any atom is 0.238 e. The number of nitrogens with one attached hydrogen (secondary N) is 1. The largest absolute Gasteiger partial charge is 0.492 e. The van der Waals surface area contributed by atoms with E-state index in [0.29, 0.717) is 19.7 Å². The van der Waals surface area contributed by atoms with Crippen LogP contribution in [0.15, 0.2) is 59.1 Å². The van der Waals surface area contributed by atoms with Gasteiger partial charge in [-0.15, -0.1) is 0 Å². The van der Waals surface area contributed by atoms with E-state index in [9.17, 15) is 4.79 Å². The Bertz CT molecular complexity index is 605. The summed E-state index contributed by atoms with van der Waals surface area (Å²) in [6.45, 7) is 1.54. The molecule has 0 atom stereocenters. The van der Waals surface area contributed by atoms with Gasteiger partial charge in [0, 0.05) is 11.0 Å². The molecule has 1 N–H and O–H groups in total. The van der Waals surface area contributed by atoms with Gasteiger partial charge in [-0.05, 0) is 47.2 Å². The van der Waals surface area contributed by atoms with Gasteiger partial charge in [0.15, 0.2) is 0 Å². The zero-order valence-electron chi connectivity index (χ0n) is 12.5. The average Bonchev–Trinajstić information content (AvgIpc) is 2.50. The third-order valence-electron chi connectivity index (χ3n) is 3.05. The third-order valence-corrected chi connectivity index (χ3v) is 3.74. The zero-order chi connectivity index (χ0) is 15.8. The molecule has 0 bridgehead atoms. The Morgan fingerprint density at radius 2 is 1.82 bits per heavy atom. The molecular weight excluding hydrogens is 344 g/mol. The molecule has 0 unspecified atom stereocenters. The zero-order valence-corrected chi connectivity index (χ0v) is 14.0. The minimum Gasteiger partial charge on any atom is -0.492 e. The quantitative estimate of drug-likeness (QED) is 0.820. The Balaban J connectivity index is 1.71. The van der Waals surface area contributed by atoms with Gasteiger partial charge in [-0.25, -0.2) is 0 Å². The number of carbonyl (C=O) groups is 1. The molecule has 0 aliphatic carbocycles. The summed E-state index contributed by atoms with van der Waals surface area (Å²) in [4.78, 5) is 13.9. The molecule has 0 aliphatic rings. The second-order valence-corrected chi connectivity index (χ2v) is 5.78. The smallest absolute Gasteiger partial charge is 0.238 e. The molecule has 0 saturated carbocycles. The first-order valence-electron chi connectivity index (χ1n) is 7.06. The van der Waals surface area contributed by atoms with Gasteiger partial charge in [-0.1, -0.05) is 30.3 Å². The number of nitrogens with zero attached hydrogens (tertiary/aromatic N) is 1. The first kappa shape index (κ1) is 16.5. The first-order valence-corrected chi connectivity index (χ1v) is 7.85. The molecule has 2 aromatic rings. The number of amides is 1. The number of hydrogen-bond donors (Lipinski definition) is 1. The number of anilines is 1. The fraction of sp³-hybridized carbons (Fsp3) is 0.235. The summed E-state index contributed by atoms with van der Waals surface area (Å²) in [5.41, 5.74) is 0.779. The Labute approximate surface area is 139 Å². The molecule has 0 saturated heterocycles. The second kappa shape index (κ2) is 8.56. The van der Waals surface area contributed by atoms with Crippen LogP contribution in [0.25, 0.3) is 0 Å². The summed E-state index contributed by atoms with van der Waals surface area (Å²) in [7, 11) is 1.90. The van der Waals surface area contributed by atoms with E-state index in [1.807, 2.05) is 66.5 Å². The molecule has 22 heavy (non-hydrogen) atoms. The Kier molecular flexibility index (Phi) is 6.43. The highest BCUT2D eigenvalue weighted by atomic mass is 79.9. The first-order chi connectivity index (χ1) is 10.6. The molecule has 2 aromatic carbocycles. The number of likely N-dealkylation sites (N-methyl/N-ethyl adjacent to an activating group) is 1. The number of benzene rings is 2. The van der Waals surface area contributed by atoms with Crippen molar-refractivity contribution >= 4 is 27.5 Å². The lowest BCUT2D eigenvalue weighted by Gasteiger charge is -2.17. The summed E-state index contributed by atoms with van der Waals surface area (Å²) >= 11 is 3.41. The lowest BCUT2D eigenvalue weighted by atomic mass is 10.3. The molecule has 0 fully saturated rings. The normalized spacial score (nSPS) is 10.5. The molecule has 2 rings (SSSR count). The van der Waals surface area contributed by atoms with E-state index < -0.39 is 0 Å². The Hall–Kier alpha value is -1.85. The van der Waals surface area contributed by atoms with Crippen LogP contribution < -0.4 is 10.1 Å². The number of halogens is 1. The molecule has 1 amide bonds. The van der Waals surface area contributed by atoms with Crippen LogP contribution in [0.5, 0.6) is 5.75 Å². The highest BCUT2D eigenvalue weighted by molar-refractivity contribution is 9.10. The number of rotatable bonds is 7. The van der Waals surface area contributed by atoms with Crippen LogP contribution in [0.2, 0.25) is 0 Å². The second-order valence-electron chi connectivity index (χ2n) is 4.93.